The number of carboxylic acid groups (broad SMARTS) is 1. The molecule has 8 nitrogen and oxygen atoms in total. The Labute approximate surface area is 153 Å². The van der Waals surface area contributed by atoms with Gasteiger partial charge in [0.25, 0.3) is 0 Å². The minimum absolute atomic E-state index is 0.0459. The maximum absolute atomic E-state index is 12.6. The first-order valence-corrected chi connectivity index (χ1v) is 8.89. The molecule has 4 fully saturated rings. The van der Waals surface area contributed by atoms with Gasteiger partial charge in [-0.15, -0.1) is 13.2 Å². The van der Waals surface area contributed by atoms with Crippen LogP contribution in [0.25, 0.3) is 0 Å². The van der Waals surface area contributed by atoms with E-state index in [1.807, 2.05) is 0 Å². The van der Waals surface area contributed by atoms with Crippen LogP contribution in [0.5, 0.6) is 0 Å². The lowest BCUT2D eigenvalue weighted by Gasteiger charge is -2.52. The monoisotopic (exact) mass is 393 g/mol. The molecule has 0 spiro atoms. The number of carbonyl (C=O) groups is 3. The Kier molecular flexibility index (Phi) is 5.00. The van der Waals surface area contributed by atoms with Crippen molar-refractivity contribution in [2.75, 3.05) is 0 Å². The van der Waals surface area contributed by atoms with Crippen molar-refractivity contribution >= 4 is 17.9 Å². The molecule has 0 atom stereocenters. The van der Waals surface area contributed by atoms with E-state index in [9.17, 15) is 27.6 Å². The van der Waals surface area contributed by atoms with Crippen molar-refractivity contribution in [1.82, 2.24) is 16.2 Å². The van der Waals surface area contributed by atoms with Gasteiger partial charge in [-0.2, -0.15) is 0 Å². The molecule has 0 unspecified atom stereocenters. The van der Waals surface area contributed by atoms with E-state index in [1.165, 1.54) is 0 Å². The number of hydrazine groups is 1. The zero-order chi connectivity index (χ0) is 19.9. The fourth-order valence-corrected chi connectivity index (χ4v) is 4.36. The van der Waals surface area contributed by atoms with E-state index in [-0.39, 0.29) is 18.7 Å². The van der Waals surface area contributed by atoms with Gasteiger partial charge in [-0.1, -0.05) is 0 Å². The van der Waals surface area contributed by atoms with Gasteiger partial charge in [0.05, 0.1) is 11.5 Å². The molecule has 4 N–H and O–H groups in total. The quantitative estimate of drug-likeness (QED) is 0.544. The first-order valence-electron chi connectivity index (χ1n) is 8.89. The van der Waals surface area contributed by atoms with E-state index in [4.69, 9.17) is 5.11 Å². The zero-order valence-corrected chi connectivity index (χ0v) is 14.5. The summed E-state index contributed by atoms with van der Waals surface area (Å²) < 4.78 is 40.1. The summed E-state index contributed by atoms with van der Waals surface area (Å²) >= 11 is 0. The summed E-state index contributed by atoms with van der Waals surface area (Å²) in [5, 5.41) is 11.5. The van der Waals surface area contributed by atoms with Crippen LogP contribution in [0, 0.1) is 11.3 Å². The number of ether oxygens (including phenoxy) is 1. The number of nitrogens with one attached hydrogen (secondary N) is 3. The van der Waals surface area contributed by atoms with Crippen LogP contribution in [-0.4, -0.2) is 41.0 Å². The van der Waals surface area contributed by atoms with Crippen LogP contribution in [0.15, 0.2) is 0 Å². The Balaban J connectivity index is 1.43. The van der Waals surface area contributed by atoms with Gasteiger partial charge in [0.1, 0.15) is 0 Å². The minimum Gasteiger partial charge on any atom is -0.465 e. The number of alkyl halides is 3. The van der Waals surface area contributed by atoms with Gasteiger partial charge in [-0.3, -0.25) is 25.2 Å². The Morgan fingerprint density at radius 2 is 1.52 bits per heavy atom. The van der Waals surface area contributed by atoms with Crippen molar-refractivity contribution < 1.29 is 37.4 Å². The van der Waals surface area contributed by atoms with E-state index in [2.05, 4.69) is 20.9 Å². The number of hydrogen-bond acceptors (Lipinski definition) is 4. The third kappa shape index (κ3) is 4.28. The maximum Gasteiger partial charge on any atom is 0.522 e. The van der Waals surface area contributed by atoms with Gasteiger partial charge in [0.15, 0.2) is 0 Å². The largest absolute Gasteiger partial charge is 0.522 e. The van der Waals surface area contributed by atoms with E-state index in [0.717, 1.165) is 0 Å². The molecule has 152 valence electrons. The fraction of sp³-hybridized carbons (Fsp3) is 0.812. The predicted molar refractivity (Wildman–Crippen MR) is 84.0 cm³/mol. The predicted octanol–water partition coefficient (Wildman–Crippen LogP) is 1.81. The number of hydrogen-bond donors (Lipinski definition) is 4. The molecule has 0 aromatic carbocycles. The summed E-state index contributed by atoms with van der Waals surface area (Å²) in [6.07, 6.45) is -3.70. The number of amides is 3. The van der Waals surface area contributed by atoms with Crippen LogP contribution in [0.1, 0.15) is 51.4 Å². The Morgan fingerprint density at radius 1 is 0.963 bits per heavy atom. The topological polar surface area (TPSA) is 117 Å². The molecule has 27 heavy (non-hydrogen) atoms. The lowest BCUT2D eigenvalue weighted by Crippen LogP contribution is -2.61. The van der Waals surface area contributed by atoms with Gasteiger partial charge >= 0.3 is 12.5 Å². The van der Waals surface area contributed by atoms with Crippen molar-refractivity contribution in [3.05, 3.63) is 0 Å². The summed E-state index contributed by atoms with van der Waals surface area (Å²) in [4.78, 5) is 35.4. The van der Waals surface area contributed by atoms with E-state index in [1.54, 1.807) is 0 Å². The lowest BCUT2D eigenvalue weighted by molar-refractivity contribution is -0.353. The Hall–Kier alpha value is -2.04. The van der Waals surface area contributed by atoms with Crippen molar-refractivity contribution in [1.29, 1.82) is 0 Å². The number of rotatable bonds is 4. The van der Waals surface area contributed by atoms with Gasteiger partial charge in [-0.25, -0.2) is 4.79 Å². The average Bonchev–Trinajstić information content (AvgIpc) is 2.55. The van der Waals surface area contributed by atoms with Crippen LogP contribution >= 0.6 is 0 Å². The van der Waals surface area contributed by atoms with Crippen molar-refractivity contribution in [3.8, 4) is 0 Å². The molecule has 0 heterocycles. The summed E-state index contributed by atoms with van der Waals surface area (Å²) in [5.41, 5.74) is 3.58. The van der Waals surface area contributed by atoms with E-state index < -0.39 is 41.3 Å². The summed E-state index contributed by atoms with van der Waals surface area (Å²) in [7, 11) is 0. The van der Waals surface area contributed by atoms with Crippen molar-refractivity contribution in [2.45, 2.75) is 69.4 Å². The van der Waals surface area contributed by atoms with E-state index in [0.29, 0.717) is 38.5 Å². The third-order valence-corrected chi connectivity index (χ3v) is 6.17. The highest BCUT2D eigenvalue weighted by Gasteiger charge is 2.53. The second kappa shape index (κ2) is 6.84. The van der Waals surface area contributed by atoms with Gasteiger partial charge in [0, 0.05) is 11.5 Å². The first-order chi connectivity index (χ1) is 12.5. The Bertz CT molecular complexity index is 609. The molecule has 0 saturated heterocycles. The highest BCUT2D eigenvalue weighted by atomic mass is 19.4. The average molecular weight is 393 g/mol. The maximum atomic E-state index is 12.6. The number of carbonyl (C=O) groups excluding carboxylic acids is 2. The summed E-state index contributed by atoms with van der Waals surface area (Å²) in [6, 6.07) is 0. The molecule has 4 aliphatic carbocycles. The van der Waals surface area contributed by atoms with Crippen LogP contribution < -0.4 is 16.2 Å². The number of fused-ring (bicyclic) bond motifs is 3. The molecule has 0 aromatic heterocycles. The van der Waals surface area contributed by atoms with Gasteiger partial charge in [0.2, 0.25) is 11.8 Å². The summed E-state index contributed by atoms with van der Waals surface area (Å²) in [6.45, 7) is 0. The van der Waals surface area contributed by atoms with Crippen LogP contribution in [0.4, 0.5) is 18.0 Å². The van der Waals surface area contributed by atoms with Gasteiger partial charge in [-0.05, 0) is 51.4 Å². The number of halogens is 3. The SMILES string of the molecule is O=C(O)NC12CCC(C(=O)NNC(=O)C3CC(OC(F)(F)F)C3)(CC1)CC2. The van der Waals surface area contributed by atoms with Crippen LogP contribution in [0.2, 0.25) is 0 Å². The second-order valence-electron chi connectivity index (χ2n) is 7.79. The molecule has 4 aliphatic rings. The smallest absolute Gasteiger partial charge is 0.465 e. The van der Waals surface area contributed by atoms with Crippen molar-refractivity contribution in [2.24, 2.45) is 11.3 Å². The fourth-order valence-electron chi connectivity index (χ4n) is 4.36. The first kappa shape index (κ1) is 19.7. The molecule has 0 radical (unpaired) electrons. The molecule has 3 amide bonds. The normalized spacial score (nSPS) is 35.1. The molecule has 11 heteroatoms. The standard InChI is InChI=1S/C16H22F3N3O5/c17-16(18,19)27-10-7-9(8-10)11(23)21-22-12(24)14-1-4-15(5-2-14,6-3-14)20-13(25)26/h9-10,20H,1-8H2,(H,21,23)(H,22,24)(H,25,26). The molecule has 2 bridgehead atoms. The Morgan fingerprint density at radius 3 is 2.00 bits per heavy atom. The molecular formula is C16H22F3N3O5. The highest BCUT2D eigenvalue weighted by molar-refractivity contribution is 5.87. The highest BCUT2D eigenvalue weighted by Crippen LogP contribution is 2.52. The minimum atomic E-state index is -4.72. The second-order valence-corrected chi connectivity index (χ2v) is 7.79. The molecule has 0 aliphatic heterocycles. The van der Waals surface area contributed by atoms with Gasteiger partial charge < -0.3 is 10.4 Å². The molecule has 0 aromatic rings. The van der Waals surface area contributed by atoms with Crippen LogP contribution in [-0.2, 0) is 14.3 Å². The van der Waals surface area contributed by atoms with Crippen molar-refractivity contribution in [3.63, 3.8) is 0 Å². The van der Waals surface area contributed by atoms with E-state index >= 15 is 0 Å². The third-order valence-electron chi connectivity index (χ3n) is 6.17. The molecular weight excluding hydrogens is 371 g/mol. The molecule has 4 rings (SSSR count). The zero-order valence-electron chi connectivity index (χ0n) is 14.5. The lowest BCUT2D eigenvalue weighted by atomic mass is 9.57. The summed E-state index contributed by atoms with van der Waals surface area (Å²) in [5.74, 6) is -1.49. The molecule has 4 saturated carbocycles. The van der Waals surface area contributed by atoms with Crippen LogP contribution in [0.3, 0.4) is 0 Å².